The standard InChI is InChI=1S/C27H29ClN4O3/c1-19-7-8-23(17-24(19)28)31-27(34)26(20-5-3-2-4-6-20)30-22-11-9-21(10-12-22)29-25(33)18-32-13-15-35-16-14-32/h2-12,17,26,30H,13-16,18H2,1H3,(H,29,33)(H,31,34)/t26-/m0/s1. The van der Waals surface area contributed by atoms with Crippen molar-refractivity contribution >= 4 is 40.5 Å². The van der Waals surface area contributed by atoms with Crippen molar-refractivity contribution in [3.8, 4) is 0 Å². The normalized spacial score (nSPS) is 14.7. The van der Waals surface area contributed by atoms with Gasteiger partial charge in [-0.3, -0.25) is 14.5 Å². The molecule has 1 fully saturated rings. The third-order valence-corrected chi connectivity index (χ3v) is 6.19. The zero-order valence-corrected chi connectivity index (χ0v) is 20.3. The van der Waals surface area contributed by atoms with Gasteiger partial charge in [-0.2, -0.15) is 0 Å². The Morgan fingerprint density at radius 1 is 0.914 bits per heavy atom. The fraction of sp³-hybridized carbons (Fsp3) is 0.259. The van der Waals surface area contributed by atoms with Crippen LogP contribution in [0, 0.1) is 6.92 Å². The molecule has 1 saturated heterocycles. The van der Waals surface area contributed by atoms with Crippen LogP contribution in [0.5, 0.6) is 0 Å². The number of benzene rings is 3. The van der Waals surface area contributed by atoms with Gasteiger partial charge in [0.25, 0.3) is 5.91 Å². The minimum Gasteiger partial charge on any atom is -0.379 e. The maximum atomic E-state index is 13.2. The molecule has 3 aromatic carbocycles. The largest absolute Gasteiger partial charge is 0.379 e. The predicted molar refractivity (Wildman–Crippen MR) is 140 cm³/mol. The van der Waals surface area contributed by atoms with Crippen LogP contribution in [0.1, 0.15) is 17.2 Å². The average molecular weight is 493 g/mol. The number of carbonyl (C=O) groups excluding carboxylic acids is 2. The van der Waals surface area contributed by atoms with Gasteiger partial charge in [0.15, 0.2) is 0 Å². The molecule has 1 atom stereocenters. The third kappa shape index (κ3) is 7.05. The van der Waals surface area contributed by atoms with Gasteiger partial charge in [-0.25, -0.2) is 0 Å². The van der Waals surface area contributed by atoms with Crippen LogP contribution >= 0.6 is 11.6 Å². The highest BCUT2D eigenvalue weighted by molar-refractivity contribution is 6.31. The van der Waals surface area contributed by atoms with E-state index in [1.54, 1.807) is 6.07 Å². The maximum absolute atomic E-state index is 13.2. The lowest BCUT2D eigenvalue weighted by Crippen LogP contribution is -2.41. The third-order valence-electron chi connectivity index (χ3n) is 5.79. The Labute approximate surface area is 210 Å². The van der Waals surface area contributed by atoms with E-state index < -0.39 is 6.04 Å². The minimum atomic E-state index is -0.627. The highest BCUT2D eigenvalue weighted by Gasteiger charge is 2.21. The van der Waals surface area contributed by atoms with Crippen LogP contribution in [-0.2, 0) is 14.3 Å². The Morgan fingerprint density at radius 3 is 2.26 bits per heavy atom. The van der Waals surface area contributed by atoms with Crippen molar-refractivity contribution < 1.29 is 14.3 Å². The molecule has 0 unspecified atom stereocenters. The number of carbonyl (C=O) groups is 2. The highest BCUT2D eigenvalue weighted by Crippen LogP contribution is 2.25. The van der Waals surface area contributed by atoms with Crippen molar-refractivity contribution in [1.29, 1.82) is 0 Å². The summed E-state index contributed by atoms with van der Waals surface area (Å²) in [5, 5.41) is 9.78. The number of nitrogens with one attached hydrogen (secondary N) is 3. The number of halogens is 1. The molecule has 4 rings (SSSR count). The molecule has 0 bridgehead atoms. The van der Waals surface area contributed by atoms with Gasteiger partial charge in [0, 0.05) is 35.2 Å². The lowest BCUT2D eigenvalue weighted by atomic mass is 10.1. The van der Waals surface area contributed by atoms with E-state index in [0.717, 1.165) is 29.9 Å². The smallest absolute Gasteiger partial charge is 0.251 e. The lowest BCUT2D eigenvalue weighted by molar-refractivity contribution is -0.118. The van der Waals surface area contributed by atoms with Crippen LogP contribution in [-0.4, -0.2) is 49.6 Å². The van der Waals surface area contributed by atoms with Crippen LogP contribution in [0.2, 0.25) is 5.02 Å². The van der Waals surface area contributed by atoms with E-state index in [2.05, 4.69) is 20.9 Å². The summed E-state index contributed by atoms with van der Waals surface area (Å²) in [6.07, 6.45) is 0. The summed E-state index contributed by atoms with van der Waals surface area (Å²) in [7, 11) is 0. The van der Waals surface area contributed by atoms with Gasteiger partial charge in [-0.1, -0.05) is 48.0 Å². The van der Waals surface area contributed by atoms with Gasteiger partial charge in [-0.05, 0) is 54.4 Å². The molecule has 3 aromatic rings. The molecule has 8 heteroatoms. The second kappa shape index (κ2) is 11.8. The summed E-state index contributed by atoms with van der Waals surface area (Å²) in [5.74, 6) is -0.273. The van der Waals surface area contributed by atoms with E-state index in [1.807, 2.05) is 73.7 Å². The van der Waals surface area contributed by atoms with E-state index in [9.17, 15) is 9.59 Å². The molecule has 7 nitrogen and oxygen atoms in total. The number of nitrogens with zero attached hydrogens (tertiary/aromatic N) is 1. The molecule has 0 spiro atoms. The van der Waals surface area contributed by atoms with Gasteiger partial charge < -0.3 is 20.7 Å². The highest BCUT2D eigenvalue weighted by atomic mass is 35.5. The van der Waals surface area contributed by atoms with E-state index in [4.69, 9.17) is 16.3 Å². The molecule has 1 aliphatic rings. The van der Waals surface area contributed by atoms with E-state index in [1.165, 1.54) is 0 Å². The monoisotopic (exact) mass is 492 g/mol. The summed E-state index contributed by atoms with van der Waals surface area (Å²) in [4.78, 5) is 27.7. The van der Waals surface area contributed by atoms with Gasteiger partial charge in [-0.15, -0.1) is 0 Å². The first-order valence-corrected chi connectivity index (χ1v) is 11.9. The van der Waals surface area contributed by atoms with E-state index in [-0.39, 0.29) is 11.8 Å². The molecule has 2 amide bonds. The first-order chi connectivity index (χ1) is 17.0. The Hall–Kier alpha value is -3.39. The molecular weight excluding hydrogens is 464 g/mol. The number of rotatable bonds is 8. The quantitative estimate of drug-likeness (QED) is 0.424. The second-order valence-electron chi connectivity index (χ2n) is 8.46. The van der Waals surface area contributed by atoms with Crippen molar-refractivity contribution in [2.45, 2.75) is 13.0 Å². The molecular formula is C27H29ClN4O3. The summed E-state index contributed by atoms with van der Waals surface area (Å²) < 4.78 is 5.32. The summed E-state index contributed by atoms with van der Waals surface area (Å²) in [6, 6.07) is 21.6. The molecule has 1 aliphatic heterocycles. The van der Waals surface area contributed by atoms with Gasteiger partial charge >= 0.3 is 0 Å². The van der Waals surface area contributed by atoms with Crippen LogP contribution < -0.4 is 16.0 Å². The number of aryl methyl sites for hydroxylation is 1. The van der Waals surface area contributed by atoms with Gasteiger partial charge in [0.05, 0.1) is 19.8 Å². The van der Waals surface area contributed by atoms with Crippen LogP contribution in [0.15, 0.2) is 72.8 Å². The van der Waals surface area contributed by atoms with Crippen LogP contribution in [0.3, 0.4) is 0 Å². The van der Waals surface area contributed by atoms with E-state index >= 15 is 0 Å². The lowest BCUT2D eigenvalue weighted by Gasteiger charge is -2.25. The Kier molecular flexibility index (Phi) is 8.36. The van der Waals surface area contributed by atoms with Crippen molar-refractivity contribution in [1.82, 2.24) is 4.90 Å². The Balaban J connectivity index is 1.42. The van der Waals surface area contributed by atoms with Gasteiger partial charge in [0.1, 0.15) is 6.04 Å². The zero-order valence-electron chi connectivity index (χ0n) is 19.6. The van der Waals surface area contributed by atoms with Crippen molar-refractivity contribution in [3.05, 3.63) is 88.9 Å². The maximum Gasteiger partial charge on any atom is 0.251 e. The minimum absolute atomic E-state index is 0.0640. The Bertz CT molecular complexity index is 1150. The predicted octanol–water partition coefficient (Wildman–Crippen LogP) is 4.71. The molecule has 3 N–H and O–H groups in total. The molecule has 182 valence electrons. The van der Waals surface area contributed by atoms with Crippen LogP contribution in [0.4, 0.5) is 17.1 Å². The van der Waals surface area contributed by atoms with Crippen LogP contribution in [0.25, 0.3) is 0 Å². The fourth-order valence-electron chi connectivity index (χ4n) is 3.81. The Morgan fingerprint density at radius 2 is 1.57 bits per heavy atom. The first kappa shape index (κ1) is 24.7. The second-order valence-corrected chi connectivity index (χ2v) is 8.86. The van der Waals surface area contributed by atoms with E-state index in [0.29, 0.717) is 36.2 Å². The fourth-order valence-corrected chi connectivity index (χ4v) is 3.99. The summed E-state index contributed by atoms with van der Waals surface area (Å²) in [6.45, 7) is 5.07. The topological polar surface area (TPSA) is 82.7 Å². The summed E-state index contributed by atoms with van der Waals surface area (Å²) in [5.41, 5.74) is 3.85. The number of morpholine rings is 1. The van der Waals surface area contributed by atoms with Crippen molar-refractivity contribution in [2.75, 3.05) is 48.8 Å². The van der Waals surface area contributed by atoms with Gasteiger partial charge in [0.2, 0.25) is 5.91 Å². The summed E-state index contributed by atoms with van der Waals surface area (Å²) >= 11 is 6.22. The molecule has 35 heavy (non-hydrogen) atoms. The average Bonchev–Trinajstić information content (AvgIpc) is 2.87. The number of amides is 2. The molecule has 0 radical (unpaired) electrons. The molecule has 0 saturated carbocycles. The first-order valence-electron chi connectivity index (χ1n) is 11.6. The zero-order chi connectivity index (χ0) is 24.6. The molecule has 0 aromatic heterocycles. The number of ether oxygens (including phenoxy) is 1. The number of hydrogen-bond donors (Lipinski definition) is 3. The van der Waals surface area contributed by atoms with Crippen molar-refractivity contribution in [3.63, 3.8) is 0 Å². The number of anilines is 3. The SMILES string of the molecule is Cc1ccc(NC(=O)[C@@H](Nc2ccc(NC(=O)CN3CCOCC3)cc2)c2ccccc2)cc1Cl. The van der Waals surface area contributed by atoms with Crippen molar-refractivity contribution in [2.24, 2.45) is 0 Å². The molecule has 1 heterocycles. The molecule has 0 aliphatic carbocycles. The number of hydrogen-bond acceptors (Lipinski definition) is 5.